The smallest absolute Gasteiger partial charge is 0.422 e. The topological polar surface area (TPSA) is 84.5 Å². The van der Waals surface area contributed by atoms with Crippen molar-refractivity contribution < 1.29 is 31.1 Å². The fourth-order valence-electron chi connectivity index (χ4n) is 2.16. The molecule has 2 N–H and O–H groups in total. The van der Waals surface area contributed by atoms with Crippen molar-refractivity contribution in [3.05, 3.63) is 59.7 Å². The van der Waals surface area contributed by atoms with Crippen molar-refractivity contribution in [1.82, 2.24) is 10.0 Å². The molecule has 0 spiro atoms. The van der Waals surface area contributed by atoms with E-state index in [1.54, 1.807) is 0 Å². The number of halogens is 3. The molecule has 0 fully saturated rings. The molecule has 0 aliphatic carbocycles. The lowest BCUT2D eigenvalue weighted by Gasteiger charge is -2.10. The Morgan fingerprint density at radius 2 is 1.69 bits per heavy atom. The van der Waals surface area contributed by atoms with Crippen LogP contribution in [0.1, 0.15) is 15.9 Å². The van der Waals surface area contributed by atoms with Crippen LogP contribution in [-0.2, 0) is 16.6 Å². The van der Waals surface area contributed by atoms with Crippen LogP contribution in [0.4, 0.5) is 13.2 Å². The zero-order valence-corrected chi connectivity index (χ0v) is 15.8. The highest BCUT2D eigenvalue weighted by molar-refractivity contribution is 7.89. The average molecular weight is 426 g/mol. The Hall–Kier alpha value is -3.03. The average Bonchev–Trinajstić information content (AvgIpc) is 2.69. The predicted octanol–water partition coefficient (Wildman–Crippen LogP) is 2.47. The van der Waals surface area contributed by atoms with E-state index in [0.717, 1.165) is 0 Å². The second-order valence-electron chi connectivity index (χ2n) is 5.78. The molecule has 1 amide bonds. The molecule has 6 nitrogen and oxygen atoms in total. The molecule has 10 heteroatoms. The van der Waals surface area contributed by atoms with Crippen molar-refractivity contribution >= 4 is 15.9 Å². The minimum atomic E-state index is -4.42. The van der Waals surface area contributed by atoms with Gasteiger partial charge in [0.05, 0.1) is 11.4 Å². The van der Waals surface area contributed by atoms with Crippen LogP contribution in [0.25, 0.3) is 0 Å². The Morgan fingerprint density at radius 1 is 1.07 bits per heavy atom. The predicted molar refractivity (Wildman–Crippen MR) is 99.6 cm³/mol. The highest BCUT2D eigenvalue weighted by Gasteiger charge is 2.28. The number of carbonyl (C=O) groups is 1. The van der Waals surface area contributed by atoms with Crippen LogP contribution in [0.2, 0.25) is 0 Å². The summed E-state index contributed by atoms with van der Waals surface area (Å²) in [6, 6.07) is 11.1. The van der Waals surface area contributed by atoms with Gasteiger partial charge >= 0.3 is 6.18 Å². The molecule has 0 radical (unpaired) electrons. The summed E-state index contributed by atoms with van der Waals surface area (Å²) in [6.45, 7) is -1.40. The molecule has 0 atom stereocenters. The van der Waals surface area contributed by atoms with Gasteiger partial charge in [0, 0.05) is 12.1 Å². The molecule has 154 valence electrons. The molecular formula is C19H17F3N2O4S. The van der Waals surface area contributed by atoms with Crippen molar-refractivity contribution in [3.63, 3.8) is 0 Å². The molecular weight excluding hydrogens is 409 g/mol. The molecule has 0 saturated carbocycles. The third-order valence-electron chi connectivity index (χ3n) is 3.57. The molecule has 0 heterocycles. The summed E-state index contributed by atoms with van der Waals surface area (Å²) in [7, 11) is -3.74. The summed E-state index contributed by atoms with van der Waals surface area (Å²) in [4.78, 5) is 12.1. The van der Waals surface area contributed by atoms with E-state index in [1.807, 2.05) is 0 Å². The first-order valence-electron chi connectivity index (χ1n) is 8.20. The lowest BCUT2D eigenvalue weighted by molar-refractivity contribution is -0.153. The molecule has 0 unspecified atom stereocenters. The number of carbonyl (C=O) groups excluding carboxylic acids is 1. The van der Waals surface area contributed by atoms with E-state index in [1.165, 1.54) is 48.5 Å². The van der Waals surface area contributed by atoms with E-state index in [-0.39, 0.29) is 29.3 Å². The summed E-state index contributed by atoms with van der Waals surface area (Å²) in [5.74, 6) is 1.78. The highest BCUT2D eigenvalue weighted by atomic mass is 32.2. The van der Waals surface area contributed by atoms with Crippen LogP contribution < -0.4 is 14.8 Å². The molecule has 2 aromatic carbocycles. The van der Waals surface area contributed by atoms with Crippen LogP contribution in [0, 0.1) is 12.3 Å². The number of benzene rings is 2. The van der Waals surface area contributed by atoms with Crippen LogP contribution in [-0.4, -0.2) is 33.7 Å². The number of hydrogen-bond donors (Lipinski definition) is 2. The number of hydrogen-bond acceptors (Lipinski definition) is 4. The van der Waals surface area contributed by atoms with E-state index >= 15 is 0 Å². The standard InChI is InChI=1S/C19H17F3N2O4S/c1-2-11-24-29(26,27)17-9-5-15(6-10-17)18(25)23-12-14-3-7-16(8-4-14)28-13-19(20,21)22/h1,3-10,24H,11-13H2,(H,23,25). The van der Waals surface area contributed by atoms with Gasteiger partial charge in [-0.15, -0.1) is 6.42 Å². The maximum Gasteiger partial charge on any atom is 0.422 e. The van der Waals surface area contributed by atoms with Crippen LogP contribution in [0.3, 0.4) is 0 Å². The molecule has 2 rings (SSSR count). The van der Waals surface area contributed by atoms with E-state index in [4.69, 9.17) is 6.42 Å². The number of rotatable bonds is 8. The first-order valence-corrected chi connectivity index (χ1v) is 9.69. The Morgan fingerprint density at radius 3 is 2.24 bits per heavy atom. The number of ether oxygens (including phenoxy) is 1. The van der Waals surface area contributed by atoms with E-state index < -0.39 is 28.7 Å². The molecule has 0 saturated heterocycles. The Balaban J connectivity index is 1.91. The third kappa shape index (κ3) is 7.14. The molecule has 0 aliphatic heterocycles. The fraction of sp³-hybridized carbons (Fsp3) is 0.211. The van der Waals surface area contributed by atoms with Gasteiger partial charge in [0.1, 0.15) is 5.75 Å². The summed E-state index contributed by atoms with van der Waals surface area (Å²) in [6.07, 6.45) is 0.600. The normalized spacial score (nSPS) is 11.5. The van der Waals surface area contributed by atoms with Crippen LogP contribution >= 0.6 is 0 Å². The summed E-state index contributed by atoms with van der Waals surface area (Å²) >= 11 is 0. The molecule has 2 aromatic rings. The second-order valence-corrected chi connectivity index (χ2v) is 7.55. The van der Waals surface area contributed by atoms with Gasteiger partial charge in [-0.2, -0.15) is 17.9 Å². The fourth-order valence-corrected chi connectivity index (χ4v) is 3.09. The van der Waals surface area contributed by atoms with E-state index in [9.17, 15) is 26.4 Å². The Labute approximate surface area is 166 Å². The van der Waals surface area contributed by atoms with Crippen LogP contribution in [0.5, 0.6) is 5.75 Å². The second kappa shape index (κ2) is 9.45. The third-order valence-corrected chi connectivity index (χ3v) is 4.99. The minimum Gasteiger partial charge on any atom is -0.484 e. The van der Waals surface area contributed by atoms with Crippen molar-refractivity contribution in [2.45, 2.75) is 17.6 Å². The number of terminal acetylenes is 1. The van der Waals surface area contributed by atoms with Crippen molar-refractivity contribution in [3.8, 4) is 18.1 Å². The van der Waals surface area contributed by atoms with E-state index in [0.29, 0.717) is 5.56 Å². The van der Waals surface area contributed by atoms with Gasteiger partial charge in [-0.1, -0.05) is 18.1 Å². The summed E-state index contributed by atoms with van der Waals surface area (Å²) in [5, 5.41) is 2.63. The lowest BCUT2D eigenvalue weighted by atomic mass is 10.2. The monoisotopic (exact) mass is 426 g/mol. The van der Waals surface area contributed by atoms with Crippen molar-refractivity contribution in [2.24, 2.45) is 0 Å². The van der Waals surface area contributed by atoms with Gasteiger partial charge in [0.25, 0.3) is 5.91 Å². The summed E-state index contributed by atoms with van der Waals surface area (Å²) < 4.78 is 67.0. The maximum absolute atomic E-state index is 12.2. The molecule has 0 aromatic heterocycles. The largest absolute Gasteiger partial charge is 0.484 e. The van der Waals surface area contributed by atoms with Gasteiger partial charge in [0.2, 0.25) is 10.0 Å². The Bertz CT molecular complexity index is 980. The highest BCUT2D eigenvalue weighted by Crippen LogP contribution is 2.19. The lowest BCUT2D eigenvalue weighted by Crippen LogP contribution is -2.25. The van der Waals surface area contributed by atoms with Crippen molar-refractivity contribution in [1.29, 1.82) is 0 Å². The van der Waals surface area contributed by atoms with Gasteiger partial charge in [-0.05, 0) is 42.0 Å². The molecule has 0 bridgehead atoms. The quantitative estimate of drug-likeness (QED) is 0.636. The van der Waals surface area contributed by atoms with Crippen molar-refractivity contribution in [2.75, 3.05) is 13.2 Å². The minimum absolute atomic E-state index is 0.0289. The maximum atomic E-state index is 12.2. The number of sulfonamides is 1. The number of alkyl halides is 3. The molecule has 29 heavy (non-hydrogen) atoms. The zero-order chi connectivity index (χ0) is 21.5. The van der Waals surface area contributed by atoms with Gasteiger partial charge in [0.15, 0.2) is 6.61 Å². The number of amides is 1. The van der Waals surface area contributed by atoms with E-state index in [2.05, 4.69) is 20.7 Å². The number of nitrogens with one attached hydrogen (secondary N) is 2. The van der Waals surface area contributed by atoms with Gasteiger partial charge in [-0.3, -0.25) is 4.79 Å². The van der Waals surface area contributed by atoms with Gasteiger partial charge < -0.3 is 10.1 Å². The van der Waals surface area contributed by atoms with Crippen LogP contribution in [0.15, 0.2) is 53.4 Å². The first-order chi connectivity index (χ1) is 13.6. The summed E-state index contributed by atoms with van der Waals surface area (Å²) in [5.41, 5.74) is 0.890. The molecule has 0 aliphatic rings. The first kappa shape index (κ1) is 22.3. The Kier molecular flexibility index (Phi) is 7.25. The SMILES string of the molecule is C#CCNS(=O)(=O)c1ccc(C(=O)NCc2ccc(OCC(F)(F)F)cc2)cc1. The van der Waals surface area contributed by atoms with Gasteiger partial charge in [-0.25, -0.2) is 8.42 Å². The zero-order valence-electron chi connectivity index (χ0n) is 15.0.